The highest BCUT2D eigenvalue weighted by atomic mass is 16.5. The molecule has 1 N–H and O–H groups in total. The van der Waals surface area contributed by atoms with Gasteiger partial charge in [-0.15, -0.1) is 0 Å². The molecule has 4 rings (SSSR count). The molecule has 1 aliphatic rings. The van der Waals surface area contributed by atoms with Gasteiger partial charge in [0.15, 0.2) is 0 Å². The summed E-state index contributed by atoms with van der Waals surface area (Å²) in [4.78, 5) is 46.3. The molecule has 2 aromatic heterocycles. The molecular weight excluding hydrogens is 468 g/mol. The molecule has 3 aromatic rings. The van der Waals surface area contributed by atoms with E-state index in [0.717, 1.165) is 11.3 Å². The second kappa shape index (κ2) is 12.0. The molecule has 37 heavy (non-hydrogen) atoms. The molecule has 1 aliphatic heterocycles. The number of pyridine rings is 2. The van der Waals surface area contributed by atoms with E-state index in [2.05, 4.69) is 10.3 Å². The van der Waals surface area contributed by atoms with Crippen molar-refractivity contribution in [3.8, 4) is 0 Å². The summed E-state index contributed by atoms with van der Waals surface area (Å²) in [5.41, 5.74) is 2.49. The largest absolute Gasteiger partial charge is 0.381 e. The zero-order valence-corrected chi connectivity index (χ0v) is 21.6. The van der Waals surface area contributed by atoms with Gasteiger partial charge in [0.1, 0.15) is 6.04 Å². The highest BCUT2D eigenvalue weighted by Crippen LogP contribution is 2.30. The third kappa shape index (κ3) is 5.97. The standard InChI is InChI=1S/C29H34N4O4/c1-20-17-23(18-32(3)28(20)35)29(36)33(26(27(34)30-2)22-12-15-37-16-13-22)19-24(21-9-5-4-6-10-21)25-11-7-8-14-31-25/h4-11,14,17-18,22,24,26H,12-13,15-16,19H2,1-3H3,(H,30,34)/t24?,26-/m1/s1. The lowest BCUT2D eigenvalue weighted by Gasteiger charge is -2.39. The van der Waals surface area contributed by atoms with Gasteiger partial charge < -0.3 is 19.5 Å². The molecule has 3 heterocycles. The Morgan fingerprint density at radius 1 is 1.14 bits per heavy atom. The summed E-state index contributed by atoms with van der Waals surface area (Å²) in [7, 11) is 3.23. The zero-order chi connectivity index (χ0) is 26.4. The first-order valence-corrected chi connectivity index (χ1v) is 12.6. The van der Waals surface area contributed by atoms with Crippen LogP contribution < -0.4 is 10.9 Å². The lowest BCUT2D eigenvalue weighted by molar-refractivity contribution is -0.128. The summed E-state index contributed by atoms with van der Waals surface area (Å²) < 4.78 is 6.98. The smallest absolute Gasteiger partial charge is 0.256 e. The second-order valence-corrected chi connectivity index (χ2v) is 9.51. The van der Waals surface area contributed by atoms with Crippen LogP contribution in [0.1, 0.15) is 45.9 Å². The fourth-order valence-electron chi connectivity index (χ4n) is 5.11. The molecule has 0 bridgehead atoms. The van der Waals surface area contributed by atoms with Gasteiger partial charge in [-0.25, -0.2) is 0 Å². The molecule has 194 valence electrons. The molecule has 1 saturated heterocycles. The number of amides is 2. The van der Waals surface area contributed by atoms with Crippen LogP contribution in [0.25, 0.3) is 0 Å². The predicted octanol–water partition coefficient (Wildman–Crippen LogP) is 2.90. The van der Waals surface area contributed by atoms with E-state index in [1.807, 2.05) is 48.5 Å². The predicted molar refractivity (Wildman–Crippen MR) is 141 cm³/mol. The van der Waals surface area contributed by atoms with Gasteiger partial charge in [0.25, 0.3) is 11.5 Å². The van der Waals surface area contributed by atoms with Crippen LogP contribution in [0.2, 0.25) is 0 Å². The molecule has 1 unspecified atom stereocenters. The first-order chi connectivity index (χ1) is 17.9. The fraction of sp³-hybridized carbons (Fsp3) is 0.379. The van der Waals surface area contributed by atoms with Crippen molar-refractivity contribution in [1.82, 2.24) is 19.8 Å². The maximum atomic E-state index is 14.2. The van der Waals surface area contributed by atoms with Gasteiger partial charge in [-0.1, -0.05) is 36.4 Å². The minimum atomic E-state index is -0.700. The maximum absolute atomic E-state index is 14.2. The van der Waals surface area contributed by atoms with Crippen molar-refractivity contribution in [3.63, 3.8) is 0 Å². The lowest BCUT2D eigenvalue weighted by atomic mass is 9.87. The highest BCUT2D eigenvalue weighted by molar-refractivity contribution is 5.97. The normalized spacial score (nSPS) is 15.5. The lowest BCUT2D eigenvalue weighted by Crippen LogP contribution is -2.55. The molecule has 8 nitrogen and oxygen atoms in total. The molecule has 8 heteroatoms. The minimum absolute atomic E-state index is 0.0635. The summed E-state index contributed by atoms with van der Waals surface area (Å²) in [6.07, 6.45) is 4.64. The average molecular weight is 503 g/mol. The number of aromatic nitrogens is 2. The third-order valence-corrected chi connectivity index (χ3v) is 7.06. The van der Waals surface area contributed by atoms with Crippen LogP contribution in [-0.4, -0.2) is 59.1 Å². The van der Waals surface area contributed by atoms with E-state index in [0.29, 0.717) is 37.2 Å². The van der Waals surface area contributed by atoms with Gasteiger partial charge in [-0.05, 0) is 49.4 Å². The summed E-state index contributed by atoms with van der Waals surface area (Å²) in [5.74, 6) is -0.830. The van der Waals surface area contributed by atoms with Crippen LogP contribution in [0.5, 0.6) is 0 Å². The Kier molecular flexibility index (Phi) is 8.50. The van der Waals surface area contributed by atoms with E-state index in [4.69, 9.17) is 4.74 Å². The monoisotopic (exact) mass is 502 g/mol. The van der Waals surface area contributed by atoms with E-state index >= 15 is 0 Å². The Morgan fingerprint density at radius 3 is 2.46 bits per heavy atom. The van der Waals surface area contributed by atoms with Crippen molar-refractivity contribution in [3.05, 3.63) is 99.7 Å². The Balaban J connectivity index is 1.84. The summed E-state index contributed by atoms with van der Waals surface area (Å²) in [5, 5.41) is 2.79. The van der Waals surface area contributed by atoms with E-state index in [-0.39, 0.29) is 35.8 Å². The van der Waals surface area contributed by atoms with Crippen molar-refractivity contribution >= 4 is 11.8 Å². The quantitative estimate of drug-likeness (QED) is 0.511. The molecule has 2 atom stereocenters. The number of hydrogen-bond donors (Lipinski definition) is 1. The Bertz CT molecular complexity index is 1200. The molecule has 0 saturated carbocycles. The summed E-state index contributed by atoms with van der Waals surface area (Å²) in [6.45, 7) is 3.03. The first-order valence-electron chi connectivity index (χ1n) is 12.6. The number of likely N-dealkylation sites (N-methyl/N-ethyl adjacent to an activating group) is 1. The zero-order valence-electron chi connectivity index (χ0n) is 21.6. The molecule has 0 radical (unpaired) electrons. The van der Waals surface area contributed by atoms with E-state index in [9.17, 15) is 14.4 Å². The van der Waals surface area contributed by atoms with E-state index < -0.39 is 6.04 Å². The van der Waals surface area contributed by atoms with E-state index in [1.165, 1.54) is 4.57 Å². The Hall–Kier alpha value is -3.78. The minimum Gasteiger partial charge on any atom is -0.381 e. The van der Waals surface area contributed by atoms with Gasteiger partial charge in [0, 0.05) is 63.4 Å². The molecule has 1 aromatic carbocycles. The van der Waals surface area contributed by atoms with Gasteiger partial charge in [-0.3, -0.25) is 19.4 Å². The average Bonchev–Trinajstić information content (AvgIpc) is 2.94. The Morgan fingerprint density at radius 2 is 1.84 bits per heavy atom. The van der Waals surface area contributed by atoms with Gasteiger partial charge in [-0.2, -0.15) is 0 Å². The highest BCUT2D eigenvalue weighted by Gasteiger charge is 2.39. The Labute approximate surface area is 217 Å². The van der Waals surface area contributed by atoms with Crippen molar-refractivity contribution in [2.75, 3.05) is 26.8 Å². The number of carbonyl (C=O) groups excluding carboxylic acids is 2. The van der Waals surface area contributed by atoms with Gasteiger partial charge >= 0.3 is 0 Å². The number of benzene rings is 1. The van der Waals surface area contributed by atoms with Crippen molar-refractivity contribution in [2.45, 2.75) is 31.7 Å². The fourth-order valence-corrected chi connectivity index (χ4v) is 5.11. The first kappa shape index (κ1) is 26.3. The van der Waals surface area contributed by atoms with Gasteiger partial charge in [0.2, 0.25) is 5.91 Å². The second-order valence-electron chi connectivity index (χ2n) is 9.51. The van der Waals surface area contributed by atoms with Crippen LogP contribution >= 0.6 is 0 Å². The number of nitrogens with zero attached hydrogens (tertiary/aromatic N) is 3. The van der Waals surface area contributed by atoms with Crippen LogP contribution in [0.3, 0.4) is 0 Å². The number of aryl methyl sites for hydroxylation is 2. The number of ether oxygens (including phenoxy) is 1. The van der Waals surface area contributed by atoms with Crippen LogP contribution in [-0.2, 0) is 16.6 Å². The van der Waals surface area contributed by atoms with Crippen LogP contribution in [0.15, 0.2) is 71.8 Å². The number of carbonyl (C=O) groups is 2. The van der Waals surface area contributed by atoms with Crippen molar-refractivity contribution in [1.29, 1.82) is 0 Å². The molecule has 2 amide bonds. The van der Waals surface area contributed by atoms with Gasteiger partial charge in [0.05, 0.1) is 5.56 Å². The van der Waals surface area contributed by atoms with Crippen LogP contribution in [0.4, 0.5) is 0 Å². The third-order valence-electron chi connectivity index (χ3n) is 7.06. The number of hydrogen-bond acceptors (Lipinski definition) is 5. The topological polar surface area (TPSA) is 93.5 Å². The van der Waals surface area contributed by atoms with E-state index in [1.54, 1.807) is 44.4 Å². The molecular formula is C29H34N4O4. The molecule has 0 spiro atoms. The van der Waals surface area contributed by atoms with Crippen molar-refractivity contribution < 1.29 is 14.3 Å². The summed E-state index contributed by atoms with van der Waals surface area (Å²) >= 11 is 0. The number of rotatable bonds is 8. The van der Waals surface area contributed by atoms with Crippen molar-refractivity contribution in [2.24, 2.45) is 13.0 Å². The SMILES string of the molecule is CNC(=O)[C@@H](C1CCOCC1)N(CC(c1ccccc1)c1ccccn1)C(=O)c1cc(C)c(=O)n(C)c1. The molecule has 1 fully saturated rings. The maximum Gasteiger partial charge on any atom is 0.256 e. The van der Waals surface area contributed by atoms with Crippen LogP contribution in [0, 0.1) is 12.8 Å². The number of nitrogens with one attached hydrogen (secondary N) is 1. The molecule has 0 aliphatic carbocycles. The summed E-state index contributed by atoms with van der Waals surface area (Å²) in [6, 6.07) is 16.5.